The van der Waals surface area contributed by atoms with Crippen LogP contribution in [-0.4, -0.2) is 23.3 Å². The normalized spacial score (nSPS) is 12.3. The maximum absolute atomic E-state index is 12.1. The van der Waals surface area contributed by atoms with Crippen molar-refractivity contribution >= 4 is 46.1 Å². The van der Waals surface area contributed by atoms with E-state index in [1.807, 2.05) is 30.3 Å². The van der Waals surface area contributed by atoms with Gasteiger partial charge in [0, 0.05) is 16.0 Å². The Morgan fingerprint density at radius 1 is 1.19 bits per heavy atom. The zero-order valence-electron chi connectivity index (χ0n) is 14.3. The summed E-state index contributed by atoms with van der Waals surface area (Å²) in [6.07, 6.45) is 0.549. The van der Waals surface area contributed by atoms with E-state index in [1.54, 1.807) is 25.1 Å². The van der Waals surface area contributed by atoms with Gasteiger partial charge < -0.3 is 9.84 Å². The van der Waals surface area contributed by atoms with E-state index in [-0.39, 0.29) is 5.75 Å². The number of carbonyl (C=O) groups excluding carboxylic acids is 1. The minimum absolute atomic E-state index is 0.100. The minimum Gasteiger partial charge on any atom is -0.507 e. The van der Waals surface area contributed by atoms with E-state index < -0.39 is 12.0 Å². The number of nitrogens with zero attached hydrogens (tertiary/aromatic N) is 1. The number of hydrogen-bond acceptors (Lipinski definition) is 4. The predicted octanol–water partition coefficient (Wildman–Crippen LogP) is 4.77. The number of halogens is 2. The van der Waals surface area contributed by atoms with Gasteiger partial charge in [-0.25, -0.2) is 5.43 Å². The lowest BCUT2D eigenvalue weighted by Crippen LogP contribution is -2.33. The zero-order valence-corrected chi connectivity index (χ0v) is 15.8. The summed E-state index contributed by atoms with van der Waals surface area (Å²) >= 11 is 11.9. The second-order valence-electron chi connectivity index (χ2n) is 5.79. The summed E-state index contributed by atoms with van der Waals surface area (Å²) in [4.78, 5) is 12.1. The van der Waals surface area contributed by atoms with Crippen LogP contribution in [0.1, 0.15) is 12.5 Å². The summed E-state index contributed by atoms with van der Waals surface area (Å²) in [6, 6.07) is 15.8. The largest absolute Gasteiger partial charge is 0.507 e. The van der Waals surface area contributed by atoms with Crippen molar-refractivity contribution in [3.8, 4) is 11.5 Å². The molecule has 0 bridgehead atoms. The van der Waals surface area contributed by atoms with Gasteiger partial charge in [0.05, 0.1) is 11.2 Å². The lowest BCUT2D eigenvalue weighted by atomic mass is 10.1. The van der Waals surface area contributed by atoms with Gasteiger partial charge >= 0.3 is 0 Å². The maximum atomic E-state index is 12.1. The lowest BCUT2D eigenvalue weighted by molar-refractivity contribution is -0.127. The van der Waals surface area contributed by atoms with Gasteiger partial charge in [-0.05, 0) is 36.6 Å². The van der Waals surface area contributed by atoms with Crippen LogP contribution in [0, 0.1) is 0 Å². The van der Waals surface area contributed by atoms with E-state index in [0.29, 0.717) is 26.7 Å². The molecule has 1 unspecified atom stereocenters. The minimum atomic E-state index is -0.828. The van der Waals surface area contributed by atoms with E-state index in [0.717, 1.165) is 5.39 Å². The van der Waals surface area contributed by atoms with Crippen molar-refractivity contribution in [2.75, 3.05) is 0 Å². The van der Waals surface area contributed by atoms with E-state index in [1.165, 1.54) is 12.3 Å². The van der Waals surface area contributed by atoms with Crippen LogP contribution in [-0.2, 0) is 4.79 Å². The van der Waals surface area contributed by atoms with Gasteiger partial charge in [-0.15, -0.1) is 0 Å². The fourth-order valence-corrected chi connectivity index (χ4v) is 2.90. The van der Waals surface area contributed by atoms with Crippen molar-refractivity contribution in [3.05, 3.63) is 70.2 Å². The number of amides is 1. The molecule has 2 N–H and O–H groups in total. The molecule has 0 radical (unpaired) electrons. The third-order valence-corrected chi connectivity index (χ3v) is 4.41. The molecular weight excluding hydrogens is 387 g/mol. The van der Waals surface area contributed by atoms with Gasteiger partial charge in [-0.1, -0.05) is 53.5 Å². The second kappa shape index (κ2) is 8.29. The molecule has 0 aromatic heterocycles. The highest BCUT2D eigenvalue weighted by Crippen LogP contribution is 2.29. The van der Waals surface area contributed by atoms with E-state index in [4.69, 9.17) is 27.9 Å². The van der Waals surface area contributed by atoms with Crippen LogP contribution in [0.5, 0.6) is 11.5 Å². The number of hydrogen-bond donors (Lipinski definition) is 2. The first-order valence-electron chi connectivity index (χ1n) is 8.11. The molecule has 3 aromatic carbocycles. The summed E-state index contributed by atoms with van der Waals surface area (Å²) < 4.78 is 5.52. The van der Waals surface area contributed by atoms with Gasteiger partial charge in [0.25, 0.3) is 5.91 Å². The van der Waals surface area contributed by atoms with Crippen molar-refractivity contribution in [3.63, 3.8) is 0 Å². The molecule has 3 rings (SSSR count). The number of ether oxygens (including phenoxy) is 1. The molecule has 5 nitrogen and oxygen atoms in total. The molecule has 0 saturated carbocycles. The molecule has 0 saturated heterocycles. The Kier molecular flexibility index (Phi) is 5.84. The van der Waals surface area contributed by atoms with E-state index in [9.17, 15) is 9.90 Å². The first-order chi connectivity index (χ1) is 13.0. The van der Waals surface area contributed by atoms with Crippen LogP contribution in [0.4, 0.5) is 0 Å². The zero-order chi connectivity index (χ0) is 19.4. The number of hydrazone groups is 1. The summed E-state index contributed by atoms with van der Waals surface area (Å²) in [5.74, 6) is -0.0132. The molecule has 0 aliphatic carbocycles. The summed E-state index contributed by atoms with van der Waals surface area (Å²) in [5, 5.41) is 16.6. The number of phenols is 1. The average molecular weight is 403 g/mol. The standard InChI is InChI=1S/C20H16Cl2N2O3/c1-12(27-18-9-8-15(21)10-17(18)22)20(26)24-23-11-14-7-6-13-4-2-3-5-16(13)19(14)25/h2-12,25H,1H3,(H,24,26). The van der Waals surface area contributed by atoms with Crippen molar-refractivity contribution in [1.29, 1.82) is 0 Å². The van der Waals surface area contributed by atoms with Gasteiger partial charge in [0.2, 0.25) is 0 Å². The van der Waals surface area contributed by atoms with Crippen LogP contribution >= 0.6 is 23.2 Å². The number of nitrogens with one attached hydrogen (secondary N) is 1. The second-order valence-corrected chi connectivity index (χ2v) is 6.64. The Hall–Kier alpha value is -2.76. The van der Waals surface area contributed by atoms with Crippen LogP contribution in [0.25, 0.3) is 10.8 Å². The highest BCUT2D eigenvalue weighted by atomic mass is 35.5. The lowest BCUT2D eigenvalue weighted by Gasteiger charge is -2.14. The Balaban J connectivity index is 1.65. The summed E-state index contributed by atoms with van der Waals surface area (Å²) in [7, 11) is 0. The Labute approximate surface area is 166 Å². The number of fused-ring (bicyclic) bond motifs is 1. The fourth-order valence-electron chi connectivity index (χ4n) is 2.45. The van der Waals surface area contributed by atoms with Crippen molar-refractivity contribution in [2.24, 2.45) is 5.10 Å². The smallest absolute Gasteiger partial charge is 0.280 e. The molecule has 7 heteroatoms. The molecule has 0 aliphatic heterocycles. The Morgan fingerprint density at radius 3 is 2.74 bits per heavy atom. The average Bonchev–Trinajstić information content (AvgIpc) is 2.66. The predicted molar refractivity (Wildman–Crippen MR) is 108 cm³/mol. The van der Waals surface area contributed by atoms with Gasteiger partial charge in [0.15, 0.2) is 6.10 Å². The quantitative estimate of drug-likeness (QED) is 0.476. The molecule has 1 amide bonds. The molecule has 1 atom stereocenters. The SMILES string of the molecule is CC(Oc1ccc(Cl)cc1Cl)C(=O)NN=Cc1ccc2ccccc2c1O. The number of carbonyl (C=O) groups is 1. The molecule has 0 aliphatic rings. The number of rotatable bonds is 5. The Bertz CT molecular complexity index is 1020. The molecule has 0 spiro atoms. The molecule has 0 heterocycles. The van der Waals surface area contributed by atoms with Gasteiger partial charge in [-0.2, -0.15) is 5.10 Å². The first-order valence-corrected chi connectivity index (χ1v) is 8.86. The van der Waals surface area contributed by atoms with Crippen LogP contribution < -0.4 is 10.2 Å². The first kappa shape index (κ1) is 19.0. The third-order valence-electron chi connectivity index (χ3n) is 3.88. The monoisotopic (exact) mass is 402 g/mol. The number of aromatic hydroxyl groups is 1. The van der Waals surface area contributed by atoms with Crippen LogP contribution in [0.15, 0.2) is 59.7 Å². The molecule has 138 valence electrons. The van der Waals surface area contributed by atoms with Crippen molar-refractivity contribution in [2.45, 2.75) is 13.0 Å². The van der Waals surface area contributed by atoms with Crippen molar-refractivity contribution < 1.29 is 14.6 Å². The van der Waals surface area contributed by atoms with Gasteiger partial charge in [-0.3, -0.25) is 4.79 Å². The van der Waals surface area contributed by atoms with Crippen molar-refractivity contribution in [1.82, 2.24) is 5.43 Å². The molecular formula is C20H16Cl2N2O3. The number of phenolic OH excluding ortho intramolecular Hbond substituents is 1. The molecule has 3 aromatic rings. The molecule has 27 heavy (non-hydrogen) atoms. The topological polar surface area (TPSA) is 70.9 Å². The van der Waals surface area contributed by atoms with E-state index >= 15 is 0 Å². The third kappa shape index (κ3) is 4.51. The Morgan fingerprint density at radius 2 is 1.96 bits per heavy atom. The van der Waals surface area contributed by atoms with E-state index in [2.05, 4.69) is 10.5 Å². The summed E-state index contributed by atoms with van der Waals surface area (Å²) in [5.41, 5.74) is 2.87. The fraction of sp³-hybridized carbons (Fsp3) is 0.100. The van der Waals surface area contributed by atoms with Crippen LogP contribution in [0.3, 0.4) is 0 Å². The maximum Gasteiger partial charge on any atom is 0.280 e. The van der Waals surface area contributed by atoms with Crippen LogP contribution in [0.2, 0.25) is 10.0 Å². The number of benzene rings is 3. The highest BCUT2D eigenvalue weighted by Gasteiger charge is 2.15. The summed E-state index contributed by atoms with van der Waals surface area (Å²) in [6.45, 7) is 1.57. The van der Waals surface area contributed by atoms with Gasteiger partial charge in [0.1, 0.15) is 11.5 Å². The molecule has 0 fully saturated rings. The highest BCUT2D eigenvalue weighted by molar-refractivity contribution is 6.35.